The van der Waals surface area contributed by atoms with Crippen LogP contribution in [0.15, 0.2) is 22.7 Å². The number of nitrogens with one attached hydrogen (secondary N) is 1. The van der Waals surface area contributed by atoms with Crippen LogP contribution < -0.4 is 5.32 Å². The van der Waals surface area contributed by atoms with E-state index < -0.39 is 0 Å². The molecule has 1 rings (SSSR count). The van der Waals surface area contributed by atoms with Crippen molar-refractivity contribution in [2.24, 2.45) is 0 Å². The van der Waals surface area contributed by atoms with Crippen molar-refractivity contribution < 1.29 is 4.79 Å². The number of carbonyl (C=O) groups is 1. The summed E-state index contributed by atoms with van der Waals surface area (Å²) in [5.41, 5.74) is 1.79. The summed E-state index contributed by atoms with van der Waals surface area (Å²) in [5, 5.41) is 2.94. The lowest BCUT2D eigenvalue weighted by Gasteiger charge is -2.12. The third-order valence-corrected chi connectivity index (χ3v) is 3.05. The van der Waals surface area contributed by atoms with Crippen LogP contribution in [0.4, 0.5) is 0 Å². The van der Waals surface area contributed by atoms with E-state index >= 15 is 0 Å². The summed E-state index contributed by atoms with van der Waals surface area (Å²) in [6.07, 6.45) is 0.940. The molecule has 1 atom stereocenters. The molecule has 1 N–H and O–H groups in total. The van der Waals surface area contributed by atoms with Gasteiger partial charge in [-0.15, -0.1) is 0 Å². The molecule has 0 bridgehead atoms. The Bertz CT molecular complexity index is 363. The molecular formula is C12H16BrNO. The highest BCUT2D eigenvalue weighted by atomic mass is 79.9. The van der Waals surface area contributed by atoms with Crippen LogP contribution in [-0.2, 0) is 0 Å². The molecule has 0 aliphatic rings. The summed E-state index contributed by atoms with van der Waals surface area (Å²) >= 11 is 3.38. The maximum absolute atomic E-state index is 11.8. The van der Waals surface area contributed by atoms with Crippen molar-refractivity contribution in [2.45, 2.75) is 33.2 Å². The first-order chi connectivity index (χ1) is 7.04. The molecule has 0 saturated heterocycles. The van der Waals surface area contributed by atoms with E-state index in [1.165, 1.54) is 0 Å². The summed E-state index contributed by atoms with van der Waals surface area (Å²) < 4.78 is 0.842. The minimum atomic E-state index is -0.0140. The number of carbonyl (C=O) groups excluding carboxylic acids is 1. The van der Waals surface area contributed by atoms with Gasteiger partial charge in [-0.05, 0) is 48.3 Å². The van der Waals surface area contributed by atoms with Gasteiger partial charge < -0.3 is 5.32 Å². The molecule has 0 fully saturated rings. The topological polar surface area (TPSA) is 29.1 Å². The number of hydrogen-bond donors (Lipinski definition) is 1. The molecule has 15 heavy (non-hydrogen) atoms. The molecule has 1 aromatic rings. The second kappa shape index (κ2) is 5.31. The molecular weight excluding hydrogens is 254 g/mol. The predicted octanol–water partition coefficient (Wildman–Crippen LogP) is 3.29. The van der Waals surface area contributed by atoms with Crippen molar-refractivity contribution in [1.82, 2.24) is 5.32 Å². The first kappa shape index (κ1) is 12.2. The Morgan fingerprint density at radius 2 is 2.20 bits per heavy atom. The van der Waals surface area contributed by atoms with Crippen LogP contribution in [0, 0.1) is 6.92 Å². The van der Waals surface area contributed by atoms with Gasteiger partial charge in [-0.3, -0.25) is 4.79 Å². The fourth-order valence-corrected chi connectivity index (χ4v) is 1.64. The fourth-order valence-electron chi connectivity index (χ4n) is 1.22. The Balaban J connectivity index is 2.86. The number of benzene rings is 1. The SMILES string of the molecule is CCC(C)NC(=O)c1cc(C)ccc1Br. The molecule has 1 aromatic carbocycles. The van der Waals surface area contributed by atoms with Gasteiger partial charge in [-0.2, -0.15) is 0 Å². The summed E-state index contributed by atoms with van der Waals surface area (Å²) in [5.74, 6) is -0.0140. The maximum Gasteiger partial charge on any atom is 0.252 e. The van der Waals surface area contributed by atoms with Gasteiger partial charge in [0.1, 0.15) is 0 Å². The second-order valence-corrected chi connectivity index (χ2v) is 4.62. The quantitative estimate of drug-likeness (QED) is 0.897. The van der Waals surface area contributed by atoms with Crippen LogP contribution >= 0.6 is 15.9 Å². The van der Waals surface area contributed by atoms with Crippen LogP contribution in [0.25, 0.3) is 0 Å². The van der Waals surface area contributed by atoms with E-state index in [4.69, 9.17) is 0 Å². The lowest BCUT2D eigenvalue weighted by Crippen LogP contribution is -2.32. The van der Waals surface area contributed by atoms with E-state index in [9.17, 15) is 4.79 Å². The second-order valence-electron chi connectivity index (χ2n) is 3.77. The van der Waals surface area contributed by atoms with Crippen molar-refractivity contribution in [2.75, 3.05) is 0 Å². The maximum atomic E-state index is 11.8. The number of halogens is 1. The Morgan fingerprint density at radius 1 is 1.53 bits per heavy atom. The predicted molar refractivity (Wildman–Crippen MR) is 66.1 cm³/mol. The minimum absolute atomic E-state index is 0.0140. The summed E-state index contributed by atoms with van der Waals surface area (Å²) in [7, 11) is 0. The molecule has 1 unspecified atom stereocenters. The van der Waals surface area contributed by atoms with Gasteiger partial charge in [0.2, 0.25) is 0 Å². The van der Waals surface area contributed by atoms with Crippen molar-refractivity contribution >= 4 is 21.8 Å². The lowest BCUT2D eigenvalue weighted by molar-refractivity contribution is 0.0938. The number of rotatable bonds is 3. The van der Waals surface area contributed by atoms with Crippen molar-refractivity contribution in [3.8, 4) is 0 Å². The first-order valence-electron chi connectivity index (χ1n) is 5.11. The van der Waals surface area contributed by atoms with E-state index in [2.05, 4.69) is 28.2 Å². The van der Waals surface area contributed by atoms with Crippen LogP contribution in [0.1, 0.15) is 36.2 Å². The molecule has 0 aliphatic heterocycles. The standard InChI is InChI=1S/C12H16BrNO/c1-4-9(3)14-12(15)10-7-8(2)5-6-11(10)13/h5-7,9H,4H2,1-3H3,(H,14,15). The van der Waals surface area contributed by atoms with E-state index in [1.807, 2.05) is 32.0 Å². The minimum Gasteiger partial charge on any atom is -0.350 e. The highest BCUT2D eigenvalue weighted by Gasteiger charge is 2.11. The lowest BCUT2D eigenvalue weighted by atomic mass is 10.1. The van der Waals surface area contributed by atoms with Crippen LogP contribution in [0.3, 0.4) is 0 Å². The molecule has 0 aromatic heterocycles. The van der Waals surface area contributed by atoms with E-state index in [-0.39, 0.29) is 11.9 Å². The molecule has 0 spiro atoms. The molecule has 3 heteroatoms. The molecule has 0 aliphatic carbocycles. The molecule has 0 radical (unpaired) electrons. The molecule has 82 valence electrons. The van der Waals surface area contributed by atoms with Gasteiger partial charge in [0.15, 0.2) is 0 Å². The third-order valence-electron chi connectivity index (χ3n) is 2.36. The van der Waals surface area contributed by atoms with Gasteiger partial charge in [0, 0.05) is 10.5 Å². The Labute approximate surface area is 99.2 Å². The van der Waals surface area contributed by atoms with Gasteiger partial charge in [-0.1, -0.05) is 18.6 Å². The highest BCUT2D eigenvalue weighted by Crippen LogP contribution is 2.18. The van der Waals surface area contributed by atoms with Gasteiger partial charge in [0.05, 0.1) is 5.56 Å². The zero-order chi connectivity index (χ0) is 11.4. The smallest absolute Gasteiger partial charge is 0.252 e. The molecule has 0 saturated carbocycles. The van der Waals surface area contributed by atoms with Gasteiger partial charge in [0.25, 0.3) is 5.91 Å². The van der Waals surface area contributed by atoms with Crippen LogP contribution in [-0.4, -0.2) is 11.9 Å². The summed E-state index contributed by atoms with van der Waals surface area (Å²) in [6, 6.07) is 5.98. The molecule has 0 heterocycles. The van der Waals surface area contributed by atoms with Gasteiger partial charge >= 0.3 is 0 Å². The van der Waals surface area contributed by atoms with Crippen molar-refractivity contribution in [3.63, 3.8) is 0 Å². The number of amides is 1. The average Bonchev–Trinajstić information content (AvgIpc) is 2.21. The van der Waals surface area contributed by atoms with E-state index in [0.29, 0.717) is 5.56 Å². The summed E-state index contributed by atoms with van der Waals surface area (Å²) in [6.45, 7) is 6.03. The molecule has 1 amide bonds. The van der Waals surface area contributed by atoms with Gasteiger partial charge in [-0.25, -0.2) is 0 Å². The number of hydrogen-bond acceptors (Lipinski definition) is 1. The van der Waals surface area contributed by atoms with E-state index in [1.54, 1.807) is 0 Å². The Hall–Kier alpha value is -0.830. The monoisotopic (exact) mass is 269 g/mol. The zero-order valence-corrected chi connectivity index (χ0v) is 10.9. The zero-order valence-electron chi connectivity index (χ0n) is 9.30. The Kier molecular flexibility index (Phi) is 4.33. The normalized spacial score (nSPS) is 12.3. The largest absolute Gasteiger partial charge is 0.350 e. The number of aryl methyl sites for hydroxylation is 1. The fraction of sp³-hybridized carbons (Fsp3) is 0.417. The van der Waals surface area contributed by atoms with Crippen LogP contribution in [0.2, 0.25) is 0 Å². The summed E-state index contributed by atoms with van der Waals surface area (Å²) in [4.78, 5) is 11.8. The average molecular weight is 270 g/mol. The highest BCUT2D eigenvalue weighted by molar-refractivity contribution is 9.10. The molecule has 2 nitrogen and oxygen atoms in total. The van der Waals surface area contributed by atoms with E-state index in [0.717, 1.165) is 16.5 Å². The van der Waals surface area contributed by atoms with Crippen LogP contribution in [0.5, 0.6) is 0 Å². The van der Waals surface area contributed by atoms with Crippen molar-refractivity contribution in [1.29, 1.82) is 0 Å². The van der Waals surface area contributed by atoms with Crippen molar-refractivity contribution in [3.05, 3.63) is 33.8 Å². The Morgan fingerprint density at radius 3 is 2.80 bits per heavy atom. The third kappa shape index (κ3) is 3.34. The first-order valence-corrected chi connectivity index (χ1v) is 5.91.